The van der Waals surface area contributed by atoms with Crippen molar-refractivity contribution in [2.75, 3.05) is 20.2 Å². The zero-order chi connectivity index (χ0) is 25.6. The van der Waals surface area contributed by atoms with E-state index in [0.29, 0.717) is 55.1 Å². The highest BCUT2D eigenvalue weighted by atomic mass is 35.5. The number of methoxy groups -OCH3 is 1. The van der Waals surface area contributed by atoms with Gasteiger partial charge in [0.2, 0.25) is 0 Å². The van der Waals surface area contributed by atoms with Crippen molar-refractivity contribution in [3.8, 4) is 11.6 Å². The van der Waals surface area contributed by atoms with Crippen LogP contribution in [-0.2, 0) is 12.1 Å². The minimum Gasteiger partial charge on any atom is -0.496 e. The third-order valence-electron chi connectivity index (χ3n) is 7.16. The van der Waals surface area contributed by atoms with Crippen molar-refractivity contribution in [1.82, 2.24) is 29.8 Å². The van der Waals surface area contributed by atoms with Gasteiger partial charge in [0.25, 0.3) is 5.91 Å². The first kappa shape index (κ1) is 26.1. The Labute approximate surface area is 224 Å². The van der Waals surface area contributed by atoms with Gasteiger partial charge in [0.15, 0.2) is 5.82 Å². The number of nitrogens with zero attached hydrogens (tertiary/aromatic N) is 4. The summed E-state index contributed by atoms with van der Waals surface area (Å²) in [6.45, 7) is 1.20. The molecule has 0 radical (unpaired) electrons. The molecule has 1 saturated heterocycles. The standard InChI is InChI=1S/C27H28F2N6O2.ClH/c1-37-23-12-24-31-14-25(34(24)16-21(23)27(29)6-8-30-9-7-27)35-15-18(13-32-35)10-17-2-5-22(28)20(11-17)26(36)33-19-3-4-19;/h2,5,11-16,19,30H,3-4,6-10H2,1H3,(H,33,36);1H. The molecule has 200 valence electrons. The third-order valence-corrected chi connectivity index (χ3v) is 7.16. The molecule has 1 aromatic carbocycles. The second-order valence-corrected chi connectivity index (χ2v) is 9.85. The molecule has 2 aliphatic rings. The molecule has 11 heteroatoms. The van der Waals surface area contributed by atoms with Gasteiger partial charge in [0, 0.05) is 36.5 Å². The second kappa shape index (κ2) is 10.3. The number of benzene rings is 1. The van der Waals surface area contributed by atoms with Crippen LogP contribution in [0.4, 0.5) is 8.78 Å². The summed E-state index contributed by atoms with van der Waals surface area (Å²) in [6, 6.07) is 6.50. The topological polar surface area (TPSA) is 85.5 Å². The Bertz CT molecular complexity index is 1480. The summed E-state index contributed by atoms with van der Waals surface area (Å²) < 4.78 is 39.2. The van der Waals surface area contributed by atoms with E-state index >= 15 is 4.39 Å². The van der Waals surface area contributed by atoms with Crippen LogP contribution in [0.15, 0.2) is 49.1 Å². The van der Waals surface area contributed by atoms with Gasteiger partial charge in [0.05, 0.1) is 25.1 Å². The number of halogens is 3. The summed E-state index contributed by atoms with van der Waals surface area (Å²) in [5, 5.41) is 10.5. The molecule has 0 bridgehead atoms. The summed E-state index contributed by atoms with van der Waals surface area (Å²) in [5.74, 6) is 0.224. The Morgan fingerprint density at radius 1 is 1.18 bits per heavy atom. The number of hydrogen-bond acceptors (Lipinski definition) is 5. The molecule has 1 saturated carbocycles. The average Bonchev–Trinajstić information content (AvgIpc) is 3.43. The first-order chi connectivity index (χ1) is 17.9. The Morgan fingerprint density at radius 3 is 2.71 bits per heavy atom. The fourth-order valence-corrected chi connectivity index (χ4v) is 4.92. The number of amides is 1. The molecule has 38 heavy (non-hydrogen) atoms. The summed E-state index contributed by atoms with van der Waals surface area (Å²) in [7, 11) is 1.54. The normalized spacial score (nSPS) is 16.7. The second-order valence-electron chi connectivity index (χ2n) is 9.85. The fourth-order valence-electron chi connectivity index (χ4n) is 4.92. The van der Waals surface area contributed by atoms with Crippen LogP contribution in [0.2, 0.25) is 0 Å². The van der Waals surface area contributed by atoms with Crippen LogP contribution in [-0.4, -0.2) is 51.3 Å². The van der Waals surface area contributed by atoms with E-state index in [2.05, 4.69) is 20.7 Å². The number of hydrogen-bond donors (Lipinski definition) is 2. The Kier molecular flexibility index (Phi) is 7.11. The zero-order valence-electron chi connectivity index (χ0n) is 20.9. The van der Waals surface area contributed by atoms with Crippen LogP contribution in [0, 0.1) is 5.82 Å². The van der Waals surface area contributed by atoms with Gasteiger partial charge in [-0.3, -0.25) is 9.20 Å². The highest BCUT2D eigenvalue weighted by molar-refractivity contribution is 5.95. The number of piperidine rings is 1. The van der Waals surface area contributed by atoms with Crippen LogP contribution >= 0.6 is 12.4 Å². The van der Waals surface area contributed by atoms with Crippen molar-refractivity contribution in [1.29, 1.82) is 0 Å². The maximum absolute atomic E-state index is 15.9. The van der Waals surface area contributed by atoms with E-state index in [9.17, 15) is 9.18 Å². The molecule has 1 amide bonds. The molecular formula is C27H29ClF2N6O2. The lowest BCUT2D eigenvalue weighted by molar-refractivity contribution is 0.0946. The number of fused-ring (bicyclic) bond motifs is 1. The maximum atomic E-state index is 15.9. The quantitative estimate of drug-likeness (QED) is 0.367. The molecule has 2 N–H and O–H groups in total. The number of nitrogens with one attached hydrogen (secondary N) is 2. The van der Waals surface area contributed by atoms with Gasteiger partial charge in [-0.05, 0) is 62.0 Å². The van der Waals surface area contributed by atoms with Crippen molar-refractivity contribution < 1.29 is 18.3 Å². The molecule has 0 spiro atoms. The minimum absolute atomic E-state index is 0. The molecule has 0 unspecified atom stereocenters. The average molecular weight is 543 g/mol. The first-order valence-electron chi connectivity index (χ1n) is 12.5. The van der Waals surface area contributed by atoms with Gasteiger partial charge in [-0.25, -0.2) is 18.4 Å². The molecule has 4 aromatic rings. The van der Waals surface area contributed by atoms with Gasteiger partial charge in [-0.1, -0.05) is 6.07 Å². The van der Waals surface area contributed by atoms with E-state index in [4.69, 9.17) is 4.74 Å². The highest BCUT2D eigenvalue weighted by Crippen LogP contribution is 2.40. The van der Waals surface area contributed by atoms with Gasteiger partial charge >= 0.3 is 0 Å². The van der Waals surface area contributed by atoms with Crippen molar-refractivity contribution in [2.24, 2.45) is 0 Å². The lowest BCUT2D eigenvalue weighted by atomic mass is 9.87. The summed E-state index contributed by atoms with van der Waals surface area (Å²) in [6.07, 6.45) is 10.1. The summed E-state index contributed by atoms with van der Waals surface area (Å²) >= 11 is 0. The van der Waals surface area contributed by atoms with Crippen molar-refractivity contribution in [3.63, 3.8) is 0 Å². The summed E-state index contributed by atoms with van der Waals surface area (Å²) in [4.78, 5) is 16.9. The Hall–Kier alpha value is -3.50. The number of aromatic nitrogens is 4. The first-order valence-corrected chi connectivity index (χ1v) is 12.5. The molecule has 1 aliphatic heterocycles. The lowest BCUT2D eigenvalue weighted by Gasteiger charge is -2.31. The van der Waals surface area contributed by atoms with Crippen LogP contribution < -0.4 is 15.4 Å². The number of carbonyl (C=O) groups excluding carboxylic acids is 1. The Balaban J connectivity index is 0.00000294. The summed E-state index contributed by atoms with van der Waals surface area (Å²) in [5.41, 5.74) is 1.36. The van der Waals surface area contributed by atoms with Gasteiger partial charge in [0.1, 0.15) is 22.9 Å². The van der Waals surface area contributed by atoms with Crippen molar-refractivity contribution >= 4 is 24.0 Å². The molecular weight excluding hydrogens is 514 g/mol. The van der Waals surface area contributed by atoms with E-state index in [-0.39, 0.29) is 29.9 Å². The molecule has 8 nitrogen and oxygen atoms in total. The highest BCUT2D eigenvalue weighted by Gasteiger charge is 2.37. The largest absolute Gasteiger partial charge is 0.496 e. The number of rotatable bonds is 7. The van der Waals surface area contributed by atoms with Crippen molar-refractivity contribution in [3.05, 3.63) is 77.1 Å². The molecule has 6 rings (SSSR count). The van der Waals surface area contributed by atoms with Crippen LogP contribution in [0.5, 0.6) is 5.75 Å². The lowest BCUT2D eigenvalue weighted by Crippen LogP contribution is -2.37. The van der Waals surface area contributed by atoms with E-state index in [1.54, 1.807) is 48.6 Å². The molecule has 4 heterocycles. The van der Waals surface area contributed by atoms with Gasteiger partial charge in [-0.2, -0.15) is 5.10 Å². The van der Waals surface area contributed by atoms with E-state index < -0.39 is 11.5 Å². The Morgan fingerprint density at radius 2 is 1.97 bits per heavy atom. The molecule has 1 aliphatic carbocycles. The number of ether oxygens (including phenoxy) is 1. The zero-order valence-corrected chi connectivity index (χ0v) is 21.7. The third kappa shape index (κ3) is 4.98. The molecule has 0 atom stereocenters. The number of carbonyl (C=O) groups is 1. The van der Waals surface area contributed by atoms with Crippen LogP contribution in [0.25, 0.3) is 11.5 Å². The van der Waals surface area contributed by atoms with E-state index in [1.165, 1.54) is 6.07 Å². The number of imidazole rings is 1. The predicted octanol–water partition coefficient (Wildman–Crippen LogP) is 4.12. The van der Waals surface area contributed by atoms with Crippen LogP contribution in [0.1, 0.15) is 52.7 Å². The molecule has 3 aromatic heterocycles. The van der Waals surface area contributed by atoms with Gasteiger partial charge in [-0.15, -0.1) is 12.4 Å². The smallest absolute Gasteiger partial charge is 0.254 e. The van der Waals surface area contributed by atoms with Crippen LogP contribution in [0.3, 0.4) is 0 Å². The van der Waals surface area contributed by atoms with E-state index in [0.717, 1.165) is 24.0 Å². The maximum Gasteiger partial charge on any atom is 0.254 e. The number of alkyl halides is 1. The monoisotopic (exact) mass is 542 g/mol. The van der Waals surface area contributed by atoms with Gasteiger partial charge < -0.3 is 15.4 Å². The SMILES string of the molecule is COc1cc2ncc(-n3cc(Cc4ccc(F)c(C(=O)NC5CC5)c4)cn3)n2cc1C1(F)CCNCC1.Cl. The fraction of sp³-hybridized carbons (Fsp3) is 0.370. The van der Waals surface area contributed by atoms with E-state index in [1.807, 2.05) is 10.6 Å². The number of pyridine rings is 1. The molecule has 2 fully saturated rings. The van der Waals surface area contributed by atoms with Crippen molar-refractivity contribution in [2.45, 2.75) is 43.8 Å². The minimum atomic E-state index is -1.49. The predicted molar refractivity (Wildman–Crippen MR) is 141 cm³/mol.